The SMILES string of the molecule is CCC(C)C(NC(=O)C(CC(C)C)NC(=O)O)C(=O)C(=O)NCC(=O)NC(Cc1cccc(F)c1)C(N)=O. The highest BCUT2D eigenvalue weighted by Gasteiger charge is 2.33. The summed E-state index contributed by atoms with van der Waals surface area (Å²) in [7, 11) is 0. The Hall–Kier alpha value is -4.03. The summed E-state index contributed by atoms with van der Waals surface area (Å²) in [5.41, 5.74) is 5.73. The molecule has 0 aliphatic rings. The quantitative estimate of drug-likeness (QED) is 0.172. The van der Waals surface area contributed by atoms with E-state index in [2.05, 4.69) is 21.3 Å². The van der Waals surface area contributed by atoms with Crippen LogP contribution >= 0.6 is 0 Å². The van der Waals surface area contributed by atoms with Gasteiger partial charge in [0.1, 0.15) is 17.9 Å². The first-order valence-electron chi connectivity index (χ1n) is 12.2. The third-order valence-corrected chi connectivity index (χ3v) is 5.76. The largest absolute Gasteiger partial charge is 0.465 e. The number of benzene rings is 1. The third-order valence-electron chi connectivity index (χ3n) is 5.76. The topological polar surface area (TPSA) is 197 Å². The molecule has 0 saturated carbocycles. The van der Waals surface area contributed by atoms with Gasteiger partial charge in [-0.1, -0.05) is 46.2 Å². The zero-order chi connectivity index (χ0) is 29.0. The Balaban J connectivity index is 2.83. The zero-order valence-electron chi connectivity index (χ0n) is 21.9. The molecule has 12 nitrogen and oxygen atoms in total. The molecule has 0 radical (unpaired) electrons. The van der Waals surface area contributed by atoms with Crippen molar-refractivity contribution in [3.8, 4) is 0 Å². The molecule has 38 heavy (non-hydrogen) atoms. The zero-order valence-corrected chi connectivity index (χ0v) is 21.9. The summed E-state index contributed by atoms with van der Waals surface area (Å²) in [6.45, 7) is 6.29. The molecule has 0 aliphatic heterocycles. The monoisotopic (exact) mass is 537 g/mol. The van der Waals surface area contributed by atoms with Crippen molar-refractivity contribution in [2.75, 3.05) is 6.54 Å². The number of ketones is 1. The maximum atomic E-state index is 13.4. The smallest absolute Gasteiger partial charge is 0.405 e. The van der Waals surface area contributed by atoms with Crippen LogP contribution < -0.4 is 27.0 Å². The number of halogens is 1. The Morgan fingerprint density at radius 3 is 2.18 bits per heavy atom. The van der Waals surface area contributed by atoms with Crippen molar-refractivity contribution in [2.45, 2.75) is 65.1 Å². The molecule has 1 aromatic carbocycles. The standard InChI is InChI=1S/C25H36FN5O7/c1-5-14(4)20(31-23(35)18(9-13(2)3)30-25(37)38)21(33)24(36)28-12-19(32)29-17(22(27)34)11-15-7-6-8-16(26)10-15/h6-8,10,13-14,17-18,20,30H,5,9,11-12H2,1-4H3,(H2,27,34)(H,28,36)(H,29,32)(H,31,35)(H,37,38). The van der Waals surface area contributed by atoms with Gasteiger partial charge < -0.3 is 32.1 Å². The minimum Gasteiger partial charge on any atom is -0.465 e. The van der Waals surface area contributed by atoms with Crippen LogP contribution in [0.25, 0.3) is 0 Å². The fourth-order valence-corrected chi connectivity index (χ4v) is 3.56. The molecule has 7 N–H and O–H groups in total. The second kappa shape index (κ2) is 15.3. The number of rotatable bonds is 15. The molecule has 0 aromatic heterocycles. The molecule has 0 spiro atoms. The van der Waals surface area contributed by atoms with Gasteiger partial charge >= 0.3 is 6.09 Å². The van der Waals surface area contributed by atoms with Crippen LogP contribution in [0, 0.1) is 17.7 Å². The summed E-state index contributed by atoms with van der Waals surface area (Å²) in [5.74, 6) is -5.69. The lowest BCUT2D eigenvalue weighted by Crippen LogP contribution is -2.56. The number of amides is 5. The molecule has 210 valence electrons. The number of primary amides is 1. The van der Waals surface area contributed by atoms with Gasteiger partial charge in [-0.15, -0.1) is 0 Å². The average Bonchev–Trinajstić information content (AvgIpc) is 2.83. The second-order valence-electron chi connectivity index (χ2n) is 9.41. The van der Waals surface area contributed by atoms with Crippen LogP contribution in [-0.4, -0.2) is 65.3 Å². The number of carboxylic acid groups (broad SMARTS) is 1. The summed E-state index contributed by atoms with van der Waals surface area (Å²) in [6, 6.07) is 1.79. The van der Waals surface area contributed by atoms with E-state index in [1.54, 1.807) is 33.8 Å². The van der Waals surface area contributed by atoms with Crippen molar-refractivity contribution in [2.24, 2.45) is 17.6 Å². The van der Waals surface area contributed by atoms with E-state index in [0.717, 1.165) is 0 Å². The number of carbonyl (C=O) groups excluding carboxylic acids is 5. The number of carbonyl (C=O) groups is 6. The van der Waals surface area contributed by atoms with Gasteiger partial charge in [0.2, 0.25) is 23.5 Å². The number of hydrogen-bond donors (Lipinski definition) is 6. The number of nitrogens with two attached hydrogens (primary N) is 1. The van der Waals surface area contributed by atoms with Crippen molar-refractivity contribution in [3.05, 3.63) is 35.6 Å². The van der Waals surface area contributed by atoms with Crippen LogP contribution in [0.3, 0.4) is 0 Å². The predicted octanol–water partition coefficient (Wildman–Crippen LogP) is 0.237. The van der Waals surface area contributed by atoms with E-state index in [1.807, 2.05) is 0 Å². The highest BCUT2D eigenvalue weighted by Crippen LogP contribution is 2.12. The summed E-state index contributed by atoms with van der Waals surface area (Å²) >= 11 is 0. The molecule has 0 heterocycles. The second-order valence-corrected chi connectivity index (χ2v) is 9.41. The minimum absolute atomic E-state index is 0.0395. The molecule has 13 heteroatoms. The summed E-state index contributed by atoms with van der Waals surface area (Å²) in [4.78, 5) is 73.3. The van der Waals surface area contributed by atoms with Gasteiger partial charge in [-0.05, 0) is 36.0 Å². The molecule has 0 bridgehead atoms. The highest BCUT2D eigenvalue weighted by molar-refractivity contribution is 6.38. The van der Waals surface area contributed by atoms with Gasteiger partial charge in [0.15, 0.2) is 0 Å². The normalized spacial score (nSPS) is 13.9. The maximum Gasteiger partial charge on any atom is 0.405 e. The minimum atomic E-state index is -1.41. The van der Waals surface area contributed by atoms with Crippen molar-refractivity contribution >= 4 is 35.5 Å². The van der Waals surface area contributed by atoms with Crippen molar-refractivity contribution in [3.63, 3.8) is 0 Å². The molecule has 0 saturated heterocycles. The van der Waals surface area contributed by atoms with Crippen molar-refractivity contribution in [1.29, 1.82) is 0 Å². The fourth-order valence-electron chi connectivity index (χ4n) is 3.56. The highest BCUT2D eigenvalue weighted by atomic mass is 19.1. The van der Waals surface area contributed by atoms with Gasteiger partial charge in [0.05, 0.1) is 12.6 Å². The van der Waals surface area contributed by atoms with E-state index in [4.69, 9.17) is 10.8 Å². The van der Waals surface area contributed by atoms with Crippen LogP contribution in [0.1, 0.15) is 46.1 Å². The molecule has 1 aromatic rings. The van der Waals surface area contributed by atoms with Gasteiger partial charge in [-0.3, -0.25) is 24.0 Å². The molecule has 0 aliphatic carbocycles. The Morgan fingerprint density at radius 2 is 1.66 bits per heavy atom. The third kappa shape index (κ3) is 10.9. The molecule has 5 amide bonds. The Bertz CT molecular complexity index is 1030. The van der Waals surface area contributed by atoms with E-state index in [0.29, 0.717) is 12.0 Å². The van der Waals surface area contributed by atoms with Gasteiger partial charge in [0.25, 0.3) is 5.91 Å². The van der Waals surface area contributed by atoms with Crippen LogP contribution in [0.2, 0.25) is 0 Å². The number of nitrogens with one attached hydrogen (secondary N) is 4. The number of hydrogen-bond acceptors (Lipinski definition) is 6. The van der Waals surface area contributed by atoms with E-state index in [-0.39, 0.29) is 18.8 Å². The van der Waals surface area contributed by atoms with Crippen LogP contribution in [0.15, 0.2) is 24.3 Å². The van der Waals surface area contributed by atoms with Crippen molar-refractivity contribution in [1.82, 2.24) is 21.3 Å². The lowest BCUT2D eigenvalue weighted by Gasteiger charge is -2.26. The first-order valence-corrected chi connectivity index (χ1v) is 12.2. The van der Waals surface area contributed by atoms with Crippen LogP contribution in [-0.2, 0) is 30.4 Å². The fraction of sp³-hybridized carbons (Fsp3) is 0.520. The lowest BCUT2D eigenvalue weighted by atomic mass is 9.94. The molecule has 1 rings (SSSR count). The van der Waals surface area contributed by atoms with E-state index in [1.165, 1.54) is 18.2 Å². The molecular weight excluding hydrogens is 501 g/mol. The Labute approximate surface area is 220 Å². The Morgan fingerprint density at radius 1 is 1.00 bits per heavy atom. The van der Waals surface area contributed by atoms with Crippen LogP contribution in [0.5, 0.6) is 0 Å². The van der Waals surface area contributed by atoms with Gasteiger partial charge in [-0.25, -0.2) is 9.18 Å². The van der Waals surface area contributed by atoms with Gasteiger partial charge in [0, 0.05) is 6.42 Å². The molecule has 0 fully saturated rings. The molecular formula is C25H36FN5O7. The first kappa shape index (κ1) is 32.0. The number of Topliss-reactive ketones (excluding diaryl/α,β-unsaturated/α-hetero) is 1. The van der Waals surface area contributed by atoms with E-state index >= 15 is 0 Å². The summed E-state index contributed by atoms with van der Waals surface area (Å²) < 4.78 is 13.4. The van der Waals surface area contributed by atoms with E-state index < -0.39 is 71.9 Å². The lowest BCUT2D eigenvalue weighted by molar-refractivity contribution is -0.141. The predicted molar refractivity (Wildman–Crippen MR) is 135 cm³/mol. The summed E-state index contributed by atoms with van der Waals surface area (Å²) in [6.07, 6.45) is -0.919. The molecule has 4 unspecified atom stereocenters. The van der Waals surface area contributed by atoms with Gasteiger partial charge in [-0.2, -0.15) is 0 Å². The first-order chi connectivity index (χ1) is 17.7. The van der Waals surface area contributed by atoms with Crippen LogP contribution in [0.4, 0.5) is 9.18 Å². The van der Waals surface area contributed by atoms with E-state index in [9.17, 15) is 33.2 Å². The summed E-state index contributed by atoms with van der Waals surface area (Å²) in [5, 5.41) is 18.1. The molecule has 4 atom stereocenters. The maximum absolute atomic E-state index is 13.4. The average molecular weight is 538 g/mol. The van der Waals surface area contributed by atoms with Crippen molar-refractivity contribution < 1.29 is 38.3 Å². The Kier molecular flexibility index (Phi) is 12.9.